The van der Waals surface area contributed by atoms with Crippen LogP contribution in [-0.4, -0.2) is 96.3 Å². The maximum atomic E-state index is 7.30. The summed E-state index contributed by atoms with van der Waals surface area (Å²) in [5, 5.41) is 4.01. The molecule has 5 aliphatic heterocycles. The summed E-state index contributed by atoms with van der Waals surface area (Å²) < 4.78 is 33.9. The van der Waals surface area contributed by atoms with Gasteiger partial charge in [-0.2, -0.15) is 0 Å². The second kappa shape index (κ2) is 10.9. The van der Waals surface area contributed by atoms with Gasteiger partial charge in [-0.3, -0.25) is 0 Å². The van der Waals surface area contributed by atoms with Gasteiger partial charge in [0.15, 0.2) is 0 Å². The first-order valence-electron chi connectivity index (χ1n) is 16.6. The number of piperidine rings is 3. The molecular weight excluding hydrogens is 594 g/mol. The Morgan fingerprint density at radius 2 is 1.26 bits per heavy atom. The van der Waals surface area contributed by atoms with Crippen LogP contribution >= 0.6 is 0 Å². The van der Waals surface area contributed by atoms with Crippen molar-refractivity contribution in [1.82, 2.24) is 12.5 Å². The third-order valence-electron chi connectivity index (χ3n) is 12.3. The first-order chi connectivity index (χ1) is 18.6. The zero-order valence-electron chi connectivity index (χ0n) is 23.7. The molecule has 38 heavy (non-hydrogen) atoms. The third-order valence-corrected chi connectivity index (χ3v) is 22.7. The van der Waals surface area contributed by atoms with E-state index in [1.807, 2.05) is 0 Å². The van der Waals surface area contributed by atoms with E-state index in [1.54, 1.807) is 0 Å². The minimum atomic E-state index is -2.50. The zero-order valence-corrected chi connectivity index (χ0v) is 28.6. The van der Waals surface area contributed by atoms with Crippen molar-refractivity contribution in [2.45, 2.75) is 165 Å². The number of hydrogen-bond donors (Lipinski definition) is 1. The number of rotatable bonds is 4. The molecule has 12 atom stereocenters. The van der Waals surface area contributed by atoms with E-state index in [1.165, 1.54) is 89.9 Å². The van der Waals surface area contributed by atoms with Gasteiger partial charge in [0.05, 0.1) is 0 Å². The van der Waals surface area contributed by atoms with Gasteiger partial charge in [-0.15, -0.1) is 0 Å². The first kappa shape index (κ1) is 26.6. The summed E-state index contributed by atoms with van der Waals surface area (Å²) in [5.41, 5.74) is 0. The molecule has 5 saturated heterocycles. The Kier molecular flexibility index (Phi) is 7.65. The average Bonchev–Trinajstić information content (AvgIpc) is 3.49. The van der Waals surface area contributed by atoms with Crippen molar-refractivity contribution in [3.8, 4) is 0 Å². The Bertz CT molecular complexity index is 872. The fourth-order valence-electron chi connectivity index (χ4n) is 10.4. The summed E-state index contributed by atoms with van der Waals surface area (Å²) in [6.45, 7) is 4.89. The van der Waals surface area contributed by atoms with Crippen molar-refractivity contribution in [2.75, 3.05) is 0 Å². The second-order valence-electron chi connectivity index (χ2n) is 14.3. The second-order valence-corrected chi connectivity index (χ2v) is 21.7. The summed E-state index contributed by atoms with van der Waals surface area (Å²) in [6, 6.07) is 3.10. The SMILES string of the molecule is CC1CCC2CCCC3[O][Ga]([O]C4CC([O][Ga]5[O]C6CCCC7CCC(C)[N]5C76)C5CCCCC5N4)[N]1C23. The van der Waals surface area contributed by atoms with E-state index in [9.17, 15) is 0 Å². The van der Waals surface area contributed by atoms with Crippen molar-refractivity contribution < 1.29 is 14.1 Å². The van der Waals surface area contributed by atoms with E-state index < -0.39 is 34.4 Å². The van der Waals surface area contributed by atoms with Gasteiger partial charge >= 0.3 is 244 Å². The van der Waals surface area contributed by atoms with Gasteiger partial charge < -0.3 is 0 Å². The van der Waals surface area contributed by atoms with Crippen LogP contribution in [0.1, 0.15) is 110 Å². The van der Waals surface area contributed by atoms with Crippen molar-refractivity contribution in [3.63, 3.8) is 0 Å². The summed E-state index contributed by atoms with van der Waals surface area (Å²) in [7, 11) is 0. The van der Waals surface area contributed by atoms with Gasteiger partial charge in [0.1, 0.15) is 0 Å². The van der Waals surface area contributed by atoms with E-state index in [-0.39, 0.29) is 6.23 Å². The molecular formula is C29H49Ga2N3O4. The standard InChI is InChI=1S/2C10H17NO.C9H15NO2.2Ga/c2*1-7-5-6-8-3-2-4-9(12)10(8)11-7;11-8-5-9(12)10-7-4-2-1-3-6(7)8;;/h2*7-10H,2-6H2,1H3;6-10H,1-5H2;;/q3*-2;2*+3. The Hall–Kier alpha value is 0.993. The molecule has 7 nitrogen and oxygen atoms in total. The van der Waals surface area contributed by atoms with Crippen molar-refractivity contribution in [2.24, 2.45) is 17.8 Å². The topological polar surface area (TPSA) is 55.4 Å². The van der Waals surface area contributed by atoms with Crippen LogP contribution in [0, 0.1) is 17.8 Å². The molecule has 9 heteroatoms. The average molecular weight is 643 g/mol. The minimum absolute atomic E-state index is 0.0923. The number of fused-ring (bicyclic) bond motifs is 1. The monoisotopic (exact) mass is 641 g/mol. The number of nitrogens with zero attached hydrogens (tertiary/aromatic N) is 2. The Labute approximate surface area is 242 Å². The maximum absolute atomic E-state index is 7.30. The fraction of sp³-hybridized carbons (Fsp3) is 1.00. The van der Waals surface area contributed by atoms with Crippen LogP contribution in [0.15, 0.2) is 0 Å². The van der Waals surface area contributed by atoms with Crippen LogP contribution in [-0.2, 0) is 14.1 Å². The summed E-state index contributed by atoms with van der Waals surface area (Å²) in [6.07, 6.45) is 20.9. The van der Waals surface area contributed by atoms with Gasteiger partial charge in [-0.05, 0) is 0 Å². The molecule has 0 aromatic heterocycles. The van der Waals surface area contributed by atoms with E-state index in [4.69, 9.17) is 14.1 Å². The first-order valence-corrected chi connectivity index (χ1v) is 22.7. The van der Waals surface area contributed by atoms with Crippen LogP contribution in [0.2, 0.25) is 0 Å². The van der Waals surface area contributed by atoms with Gasteiger partial charge in [-0.25, -0.2) is 0 Å². The normalized spacial score (nSPS) is 51.0. The number of nitrogens with one attached hydrogen (secondary N) is 1. The predicted molar refractivity (Wildman–Crippen MR) is 148 cm³/mol. The molecule has 3 aliphatic carbocycles. The Morgan fingerprint density at radius 3 is 1.92 bits per heavy atom. The van der Waals surface area contributed by atoms with Crippen LogP contribution < -0.4 is 5.32 Å². The molecule has 8 fully saturated rings. The van der Waals surface area contributed by atoms with Crippen molar-refractivity contribution in [1.29, 1.82) is 0 Å². The van der Waals surface area contributed by atoms with Crippen LogP contribution in [0.4, 0.5) is 0 Å². The van der Waals surface area contributed by atoms with Gasteiger partial charge in [0.2, 0.25) is 0 Å². The molecule has 3 saturated carbocycles. The van der Waals surface area contributed by atoms with Crippen LogP contribution in [0.3, 0.4) is 0 Å². The van der Waals surface area contributed by atoms with E-state index in [0.29, 0.717) is 54.4 Å². The molecule has 0 radical (unpaired) electrons. The van der Waals surface area contributed by atoms with E-state index in [0.717, 1.165) is 18.3 Å². The molecule has 210 valence electrons. The molecule has 0 amide bonds. The third kappa shape index (κ3) is 4.61. The van der Waals surface area contributed by atoms with E-state index in [2.05, 4.69) is 26.4 Å². The fourth-order valence-corrected chi connectivity index (χ4v) is 22.0. The van der Waals surface area contributed by atoms with Gasteiger partial charge in [0, 0.05) is 0 Å². The number of hydrogen-bond acceptors (Lipinski definition) is 7. The van der Waals surface area contributed by atoms with Crippen molar-refractivity contribution >= 4 is 34.4 Å². The zero-order chi connectivity index (χ0) is 25.4. The molecule has 5 heterocycles. The molecule has 8 rings (SSSR count). The molecule has 1 N–H and O–H groups in total. The Balaban J connectivity index is 0.999. The molecule has 0 aromatic carbocycles. The summed E-state index contributed by atoms with van der Waals surface area (Å²) in [5.74, 6) is 2.31. The van der Waals surface area contributed by atoms with Crippen LogP contribution in [0.5, 0.6) is 0 Å². The molecule has 0 spiro atoms. The molecule has 12 unspecified atom stereocenters. The molecule has 8 aliphatic rings. The predicted octanol–water partition coefficient (Wildman–Crippen LogP) is 4.34. The summed E-state index contributed by atoms with van der Waals surface area (Å²) in [4.78, 5) is 0. The van der Waals surface area contributed by atoms with Crippen molar-refractivity contribution in [3.05, 3.63) is 0 Å². The molecule has 0 bridgehead atoms. The van der Waals surface area contributed by atoms with Crippen LogP contribution in [0.25, 0.3) is 0 Å². The quantitative estimate of drug-likeness (QED) is 0.458. The molecule has 0 aromatic rings. The van der Waals surface area contributed by atoms with Gasteiger partial charge in [-0.1, -0.05) is 0 Å². The van der Waals surface area contributed by atoms with Gasteiger partial charge in [0.25, 0.3) is 0 Å². The summed E-state index contributed by atoms with van der Waals surface area (Å²) >= 11 is -4.98. The van der Waals surface area contributed by atoms with E-state index >= 15 is 0 Å². The Morgan fingerprint density at radius 1 is 0.658 bits per heavy atom.